The van der Waals surface area contributed by atoms with Gasteiger partial charge < -0.3 is 9.64 Å². The standard InChI is InChI=1S/C13H25F4NO2Si/c1-11(2,3)20-10(19)18(4)9-8-12(14,15)13(16,17)21(5,6)7/h8-9H2,1-7H3. The van der Waals surface area contributed by atoms with E-state index in [0.717, 1.165) is 4.90 Å². The third-order valence-electron chi connectivity index (χ3n) is 2.87. The second-order valence-electron chi connectivity index (χ2n) is 7.18. The summed E-state index contributed by atoms with van der Waals surface area (Å²) in [7, 11) is -2.13. The predicted molar refractivity (Wildman–Crippen MR) is 76.7 cm³/mol. The first-order chi connectivity index (χ1) is 9.01. The van der Waals surface area contributed by atoms with E-state index < -0.39 is 44.2 Å². The molecule has 0 spiro atoms. The van der Waals surface area contributed by atoms with Crippen molar-refractivity contribution in [1.82, 2.24) is 4.90 Å². The molecule has 0 aliphatic heterocycles. The maximum atomic E-state index is 13.8. The summed E-state index contributed by atoms with van der Waals surface area (Å²) in [5.74, 6) is -4.15. The van der Waals surface area contributed by atoms with Crippen molar-refractivity contribution in [2.24, 2.45) is 0 Å². The van der Waals surface area contributed by atoms with Gasteiger partial charge in [0.1, 0.15) is 13.7 Å². The van der Waals surface area contributed by atoms with E-state index in [1.54, 1.807) is 20.8 Å². The molecule has 0 rings (SSSR count). The molecule has 0 saturated heterocycles. The van der Waals surface area contributed by atoms with Crippen molar-refractivity contribution in [1.29, 1.82) is 0 Å². The molecule has 0 aromatic rings. The van der Waals surface area contributed by atoms with Crippen molar-refractivity contribution < 1.29 is 27.1 Å². The average Bonchev–Trinajstić information content (AvgIpc) is 2.21. The Bertz CT molecular complexity index is 375. The molecule has 0 heterocycles. The molecule has 1 amide bonds. The number of halogens is 4. The first-order valence-corrected chi connectivity index (χ1v) is 10.2. The van der Waals surface area contributed by atoms with Crippen molar-refractivity contribution in [3.8, 4) is 0 Å². The topological polar surface area (TPSA) is 29.5 Å². The maximum absolute atomic E-state index is 13.8. The Morgan fingerprint density at radius 2 is 1.52 bits per heavy atom. The van der Waals surface area contributed by atoms with E-state index in [1.165, 1.54) is 26.7 Å². The molecule has 0 aromatic heterocycles. The van der Waals surface area contributed by atoms with Gasteiger partial charge in [0.05, 0.1) is 0 Å². The van der Waals surface area contributed by atoms with Crippen LogP contribution in [0.1, 0.15) is 27.2 Å². The summed E-state index contributed by atoms with van der Waals surface area (Å²) in [5.41, 5.74) is -4.80. The number of carbonyl (C=O) groups is 1. The summed E-state index contributed by atoms with van der Waals surface area (Å²) in [4.78, 5) is 12.5. The Kier molecular flexibility index (Phi) is 5.91. The summed E-state index contributed by atoms with van der Waals surface area (Å²) in [6, 6.07) is 0. The summed E-state index contributed by atoms with van der Waals surface area (Å²) >= 11 is 0. The van der Waals surface area contributed by atoms with Crippen LogP contribution in [0.4, 0.5) is 22.4 Å². The van der Waals surface area contributed by atoms with E-state index in [4.69, 9.17) is 4.74 Å². The molecule has 0 aliphatic rings. The lowest BCUT2D eigenvalue weighted by atomic mass is 10.2. The highest BCUT2D eigenvalue weighted by Crippen LogP contribution is 2.43. The molecule has 0 N–H and O–H groups in total. The fraction of sp³-hybridized carbons (Fsp3) is 0.923. The zero-order chi connectivity index (χ0) is 17.3. The van der Waals surface area contributed by atoms with Gasteiger partial charge in [-0.05, 0) is 20.8 Å². The van der Waals surface area contributed by atoms with Gasteiger partial charge in [-0.3, -0.25) is 0 Å². The summed E-state index contributed by atoms with van der Waals surface area (Å²) < 4.78 is 60.1. The fourth-order valence-electron chi connectivity index (χ4n) is 1.44. The van der Waals surface area contributed by atoms with Gasteiger partial charge >= 0.3 is 12.0 Å². The van der Waals surface area contributed by atoms with E-state index in [2.05, 4.69) is 0 Å². The number of alkyl halides is 4. The molecule has 0 aliphatic carbocycles. The van der Waals surface area contributed by atoms with Crippen molar-refractivity contribution in [2.45, 2.75) is 63.9 Å². The molecule has 0 saturated carbocycles. The molecule has 0 atom stereocenters. The number of amides is 1. The highest BCUT2D eigenvalue weighted by atomic mass is 28.3. The molecule has 3 nitrogen and oxygen atoms in total. The van der Waals surface area contributed by atoms with Crippen LogP contribution in [0.5, 0.6) is 0 Å². The maximum Gasteiger partial charge on any atom is 0.410 e. The van der Waals surface area contributed by atoms with Gasteiger partial charge in [-0.1, -0.05) is 19.6 Å². The fourth-order valence-corrected chi connectivity index (χ4v) is 2.67. The Hall–Kier alpha value is -0.793. The van der Waals surface area contributed by atoms with E-state index in [-0.39, 0.29) is 0 Å². The monoisotopic (exact) mass is 331 g/mol. The molecule has 126 valence electrons. The lowest BCUT2D eigenvalue weighted by molar-refractivity contribution is -0.169. The molecule has 21 heavy (non-hydrogen) atoms. The second-order valence-corrected chi connectivity index (χ2v) is 12.3. The van der Waals surface area contributed by atoms with Gasteiger partial charge in [0, 0.05) is 20.0 Å². The quantitative estimate of drug-likeness (QED) is 0.552. The van der Waals surface area contributed by atoms with Gasteiger partial charge in [-0.15, -0.1) is 0 Å². The number of rotatable bonds is 5. The molecular formula is C13H25F4NO2Si. The first-order valence-electron chi connectivity index (χ1n) is 6.71. The number of nitrogens with zero attached hydrogens (tertiary/aromatic N) is 1. The van der Waals surface area contributed by atoms with Crippen LogP contribution in [-0.2, 0) is 4.74 Å². The third kappa shape index (κ3) is 5.48. The number of carbonyl (C=O) groups excluding carboxylic acids is 1. The SMILES string of the molecule is CN(CCC(F)(F)C(F)(F)[Si](C)(C)C)C(=O)OC(C)(C)C. The van der Waals surface area contributed by atoms with Crippen LogP contribution in [0.2, 0.25) is 19.6 Å². The van der Waals surface area contributed by atoms with Gasteiger partial charge in [0.25, 0.3) is 5.55 Å². The lowest BCUT2D eigenvalue weighted by Gasteiger charge is -2.36. The van der Waals surface area contributed by atoms with Crippen LogP contribution in [0.3, 0.4) is 0 Å². The van der Waals surface area contributed by atoms with E-state index >= 15 is 0 Å². The minimum atomic E-state index is -4.15. The van der Waals surface area contributed by atoms with Crippen molar-refractivity contribution in [3.05, 3.63) is 0 Å². The van der Waals surface area contributed by atoms with Gasteiger partial charge in [0.15, 0.2) is 0 Å². The van der Waals surface area contributed by atoms with Crippen molar-refractivity contribution in [3.63, 3.8) is 0 Å². The Balaban J connectivity index is 4.74. The van der Waals surface area contributed by atoms with Crippen LogP contribution in [-0.4, -0.2) is 49.7 Å². The molecule has 0 fully saturated rings. The highest BCUT2D eigenvalue weighted by Gasteiger charge is 2.63. The summed E-state index contributed by atoms with van der Waals surface area (Å²) in [5, 5.41) is 0. The largest absolute Gasteiger partial charge is 0.444 e. The van der Waals surface area contributed by atoms with Crippen LogP contribution < -0.4 is 0 Å². The summed E-state index contributed by atoms with van der Waals surface area (Å²) in [6.07, 6.45) is -1.91. The van der Waals surface area contributed by atoms with Crippen LogP contribution >= 0.6 is 0 Å². The van der Waals surface area contributed by atoms with E-state index in [0.29, 0.717) is 0 Å². The molecular weight excluding hydrogens is 306 g/mol. The molecule has 8 heteroatoms. The Morgan fingerprint density at radius 1 is 1.10 bits per heavy atom. The number of hydrogen-bond donors (Lipinski definition) is 0. The second kappa shape index (κ2) is 6.14. The van der Waals surface area contributed by atoms with Gasteiger partial charge in [-0.2, -0.15) is 0 Å². The smallest absolute Gasteiger partial charge is 0.410 e. The van der Waals surface area contributed by atoms with Crippen LogP contribution in [0, 0.1) is 0 Å². The zero-order valence-corrected chi connectivity index (χ0v) is 14.7. The molecule has 0 radical (unpaired) electrons. The van der Waals surface area contributed by atoms with Crippen molar-refractivity contribution >= 4 is 14.2 Å². The Labute approximate surface area is 124 Å². The van der Waals surface area contributed by atoms with Gasteiger partial charge in [-0.25, -0.2) is 22.4 Å². The number of hydrogen-bond acceptors (Lipinski definition) is 2. The minimum absolute atomic E-state index is 0.498. The Morgan fingerprint density at radius 3 is 1.86 bits per heavy atom. The molecule has 0 aromatic carbocycles. The predicted octanol–water partition coefficient (Wildman–Crippen LogP) is 4.39. The third-order valence-corrected chi connectivity index (χ3v) is 5.12. The number of ether oxygens (including phenoxy) is 1. The minimum Gasteiger partial charge on any atom is -0.444 e. The molecule has 0 unspecified atom stereocenters. The van der Waals surface area contributed by atoms with Gasteiger partial charge in [0.2, 0.25) is 0 Å². The van der Waals surface area contributed by atoms with Crippen molar-refractivity contribution in [2.75, 3.05) is 13.6 Å². The van der Waals surface area contributed by atoms with E-state index in [1.807, 2.05) is 0 Å². The summed E-state index contributed by atoms with van der Waals surface area (Å²) in [6.45, 7) is 7.98. The van der Waals surface area contributed by atoms with Crippen LogP contribution in [0.15, 0.2) is 0 Å². The van der Waals surface area contributed by atoms with Crippen LogP contribution in [0.25, 0.3) is 0 Å². The zero-order valence-electron chi connectivity index (χ0n) is 13.7. The van der Waals surface area contributed by atoms with E-state index in [9.17, 15) is 22.4 Å². The molecule has 0 bridgehead atoms. The highest BCUT2D eigenvalue weighted by molar-refractivity contribution is 6.78. The average molecular weight is 331 g/mol. The normalized spacial score (nSPS) is 14.0. The lowest BCUT2D eigenvalue weighted by Crippen LogP contribution is -2.58. The first kappa shape index (κ1) is 20.2.